The average Bonchev–Trinajstić information content (AvgIpc) is 2.26. The molecule has 1 rings (SSSR count). The molecule has 0 fully saturated rings. The van der Waals surface area contributed by atoms with E-state index < -0.39 is 24.3 Å². The molecule has 2 N–H and O–H groups in total. The van der Waals surface area contributed by atoms with Crippen molar-refractivity contribution in [1.82, 2.24) is 5.32 Å². The first-order valence-electron chi connectivity index (χ1n) is 5.20. The third-order valence-electron chi connectivity index (χ3n) is 2.00. The smallest absolute Gasteiger partial charge is 0.325 e. The first-order valence-corrected chi connectivity index (χ1v) is 5.20. The van der Waals surface area contributed by atoms with E-state index in [1.54, 1.807) is 0 Å². The van der Waals surface area contributed by atoms with Crippen LogP contribution in [0.15, 0.2) is 24.3 Å². The van der Waals surface area contributed by atoms with Gasteiger partial charge in [-0.25, -0.2) is 4.39 Å². The van der Waals surface area contributed by atoms with Crippen molar-refractivity contribution in [3.63, 3.8) is 0 Å². The Bertz CT molecular complexity index is 389. The molecule has 0 atom stereocenters. The van der Waals surface area contributed by atoms with Crippen LogP contribution in [-0.2, 0) is 4.79 Å². The molecule has 1 aromatic rings. The first-order chi connectivity index (χ1) is 8.37. The van der Waals surface area contributed by atoms with Crippen LogP contribution in [0.1, 0.15) is 6.42 Å². The minimum Gasteiger partial charge on any atom is -0.325 e. The largest absolute Gasteiger partial charge is 0.390 e. The molecule has 0 aromatic heterocycles. The van der Waals surface area contributed by atoms with Gasteiger partial charge in [0.05, 0.1) is 13.0 Å². The summed E-state index contributed by atoms with van der Waals surface area (Å²) in [7, 11) is 0. The molecule has 1 amide bonds. The standard InChI is InChI=1S/C11H12F4N2O/c12-8-1-3-9(4-2-8)17-10(18)7-16-6-5-11(13,14)15/h1-4,16H,5-7H2,(H,17,18). The molecule has 18 heavy (non-hydrogen) atoms. The van der Waals surface area contributed by atoms with Gasteiger partial charge in [0.25, 0.3) is 0 Å². The summed E-state index contributed by atoms with van der Waals surface area (Å²) in [5.41, 5.74) is 0.388. The van der Waals surface area contributed by atoms with E-state index in [4.69, 9.17) is 0 Å². The van der Waals surface area contributed by atoms with Crippen molar-refractivity contribution in [1.29, 1.82) is 0 Å². The van der Waals surface area contributed by atoms with Crippen molar-refractivity contribution in [2.75, 3.05) is 18.4 Å². The fraction of sp³-hybridized carbons (Fsp3) is 0.364. The molecule has 0 aliphatic carbocycles. The molecule has 1 aromatic carbocycles. The third kappa shape index (κ3) is 6.19. The molecule has 100 valence electrons. The van der Waals surface area contributed by atoms with Gasteiger partial charge in [-0.2, -0.15) is 13.2 Å². The minimum absolute atomic E-state index is 0.229. The van der Waals surface area contributed by atoms with Gasteiger partial charge in [0, 0.05) is 12.2 Å². The molecule has 0 spiro atoms. The van der Waals surface area contributed by atoms with Gasteiger partial charge in [0.1, 0.15) is 5.82 Å². The van der Waals surface area contributed by atoms with E-state index in [-0.39, 0.29) is 13.1 Å². The van der Waals surface area contributed by atoms with E-state index in [2.05, 4.69) is 10.6 Å². The van der Waals surface area contributed by atoms with Crippen LogP contribution in [0.4, 0.5) is 23.2 Å². The van der Waals surface area contributed by atoms with E-state index in [1.165, 1.54) is 24.3 Å². The van der Waals surface area contributed by atoms with Gasteiger partial charge in [-0.05, 0) is 24.3 Å². The van der Waals surface area contributed by atoms with Crippen LogP contribution >= 0.6 is 0 Å². The predicted octanol–water partition coefficient (Wildman–Crippen LogP) is 2.31. The summed E-state index contributed by atoms with van der Waals surface area (Å²) in [5, 5.41) is 4.78. The van der Waals surface area contributed by atoms with Gasteiger partial charge in [0.15, 0.2) is 0 Å². The quantitative estimate of drug-likeness (QED) is 0.633. The highest BCUT2D eigenvalue weighted by Crippen LogP contribution is 2.18. The number of halogens is 4. The van der Waals surface area contributed by atoms with Gasteiger partial charge in [0.2, 0.25) is 5.91 Å². The summed E-state index contributed by atoms with van der Waals surface area (Å²) >= 11 is 0. The zero-order chi connectivity index (χ0) is 13.6. The molecule has 0 aliphatic rings. The molecule has 0 radical (unpaired) electrons. The number of carbonyl (C=O) groups excluding carboxylic acids is 1. The number of hydrogen-bond donors (Lipinski definition) is 2. The highest BCUT2D eigenvalue weighted by molar-refractivity contribution is 5.92. The topological polar surface area (TPSA) is 41.1 Å². The summed E-state index contributed by atoms with van der Waals surface area (Å²) in [6.07, 6.45) is -5.22. The highest BCUT2D eigenvalue weighted by atomic mass is 19.4. The van der Waals surface area contributed by atoms with Crippen molar-refractivity contribution in [2.45, 2.75) is 12.6 Å². The van der Waals surface area contributed by atoms with E-state index in [0.29, 0.717) is 5.69 Å². The Balaban J connectivity index is 2.24. The fourth-order valence-electron chi connectivity index (χ4n) is 1.17. The van der Waals surface area contributed by atoms with Gasteiger partial charge in [-0.3, -0.25) is 4.79 Å². The Morgan fingerprint density at radius 3 is 2.33 bits per heavy atom. The lowest BCUT2D eigenvalue weighted by Crippen LogP contribution is -2.30. The van der Waals surface area contributed by atoms with Crippen molar-refractivity contribution < 1.29 is 22.4 Å². The molecular formula is C11H12F4N2O. The van der Waals surface area contributed by atoms with Crippen LogP contribution in [0.5, 0.6) is 0 Å². The van der Waals surface area contributed by atoms with Gasteiger partial charge >= 0.3 is 6.18 Å². The number of amides is 1. The van der Waals surface area contributed by atoms with Crippen LogP contribution in [0.3, 0.4) is 0 Å². The number of nitrogens with one attached hydrogen (secondary N) is 2. The first kappa shape index (κ1) is 14.4. The van der Waals surface area contributed by atoms with Crippen LogP contribution < -0.4 is 10.6 Å². The second kappa shape index (κ2) is 6.34. The molecule has 0 unspecified atom stereocenters. The van der Waals surface area contributed by atoms with Crippen molar-refractivity contribution in [3.05, 3.63) is 30.1 Å². The van der Waals surface area contributed by atoms with Gasteiger partial charge in [-0.15, -0.1) is 0 Å². The molecule has 0 heterocycles. The number of carbonyl (C=O) groups is 1. The zero-order valence-electron chi connectivity index (χ0n) is 9.35. The highest BCUT2D eigenvalue weighted by Gasteiger charge is 2.25. The van der Waals surface area contributed by atoms with E-state index in [1.807, 2.05) is 0 Å². The van der Waals surface area contributed by atoms with Crippen LogP contribution in [-0.4, -0.2) is 25.2 Å². The lowest BCUT2D eigenvalue weighted by molar-refractivity contribution is -0.134. The number of anilines is 1. The normalized spacial score (nSPS) is 11.3. The Hall–Kier alpha value is -1.63. The fourth-order valence-corrected chi connectivity index (χ4v) is 1.17. The minimum atomic E-state index is -4.24. The SMILES string of the molecule is O=C(CNCCC(F)(F)F)Nc1ccc(F)cc1. The van der Waals surface area contributed by atoms with Gasteiger partial charge in [-0.1, -0.05) is 0 Å². The number of hydrogen-bond acceptors (Lipinski definition) is 2. The van der Waals surface area contributed by atoms with Crippen LogP contribution in [0.2, 0.25) is 0 Å². The van der Waals surface area contributed by atoms with Crippen LogP contribution in [0.25, 0.3) is 0 Å². The summed E-state index contributed by atoms with van der Waals surface area (Å²) in [5.74, 6) is -0.917. The van der Waals surface area contributed by atoms with E-state index >= 15 is 0 Å². The second-order valence-electron chi connectivity index (χ2n) is 3.60. The molecule has 0 aliphatic heterocycles. The van der Waals surface area contributed by atoms with E-state index in [0.717, 1.165) is 0 Å². The Morgan fingerprint density at radius 1 is 1.17 bits per heavy atom. The zero-order valence-corrected chi connectivity index (χ0v) is 9.35. The van der Waals surface area contributed by atoms with Crippen molar-refractivity contribution in [2.24, 2.45) is 0 Å². The maximum Gasteiger partial charge on any atom is 0.390 e. The lowest BCUT2D eigenvalue weighted by Gasteiger charge is -2.08. The number of rotatable bonds is 5. The Labute approximate surface area is 101 Å². The molecule has 0 saturated carbocycles. The monoisotopic (exact) mass is 264 g/mol. The summed E-state index contributed by atoms with van der Waals surface area (Å²) < 4.78 is 47.9. The van der Waals surface area contributed by atoms with Crippen molar-refractivity contribution >= 4 is 11.6 Å². The molecular weight excluding hydrogens is 252 g/mol. The maximum absolute atomic E-state index is 12.6. The average molecular weight is 264 g/mol. The Morgan fingerprint density at radius 2 is 1.78 bits per heavy atom. The predicted molar refractivity (Wildman–Crippen MR) is 58.6 cm³/mol. The molecule has 0 saturated heterocycles. The summed E-state index contributed by atoms with van der Waals surface area (Å²) in [4.78, 5) is 11.3. The third-order valence-corrected chi connectivity index (χ3v) is 2.00. The Kier molecular flexibility index (Phi) is 5.08. The molecule has 0 bridgehead atoms. The number of alkyl halides is 3. The second-order valence-corrected chi connectivity index (χ2v) is 3.60. The van der Waals surface area contributed by atoms with Crippen molar-refractivity contribution in [3.8, 4) is 0 Å². The summed E-state index contributed by atoms with van der Waals surface area (Å²) in [6, 6.07) is 5.07. The molecule has 3 nitrogen and oxygen atoms in total. The van der Waals surface area contributed by atoms with E-state index in [9.17, 15) is 22.4 Å². The van der Waals surface area contributed by atoms with Crippen LogP contribution in [0, 0.1) is 5.82 Å². The van der Waals surface area contributed by atoms with Gasteiger partial charge < -0.3 is 10.6 Å². The summed E-state index contributed by atoms with van der Waals surface area (Å²) in [6.45, 7) is -0.548. The lowest BCUT2D eigenvalue weighted by atomic mass is 10.3. The molecule has 7 heteroatoms. The number of benzene rings is 1. The maximum atomic E-state index is 12.6.